The lowest BCUT2D eigenvalue weighted by atomic mass is 10.1. The van der Waals surface area contributed by atoms with Gasteiger partial charge in [0.15, 0.2) is 0 Å². The van der Waals surface area contributed by atoms with Crippen molar-refractivity contribution in [2.75, 3.05) is 6.54 Å². The van der Waals surface area contributed by atoms with E-state index < -0.39 is 0 Å². The molecule has 0 aliphatic heterocycles. The molecule has 3 rings (SSSR count). The number of hydrogen-bond acceptors (Lipinski definition) is 3. The van der Waals surface area contributed by atoms with E-state index in [-0.39, 0.29) is 12.3 Å². The van der Waals surface area contributed by atoms with Crippen molar-refractivity contribution in [2.45, 2.75) is 26.2 Å². The van der Waals surface area contributed by atoms with Crippen LogP contribution in [0.15, 0.2) is 65.1 Å². The molecule has 0 aliphatic rings. The molecule has 1 amide bonds. The van der Waals surface area contributed by atoms with E-state index in [1.54, 1.807) is 0 Å². The average Bonchev–Trinajstić information content (AvgIpc) is 3.01. The zero-order chi connectivity index (χ0) is 17.5. The van der Waals surface area contributed by atoms with Crippen molar-refractivity contribution in [2.24, 2.45) is 0 Å². The van der Waals surface area contributed by atoms with Crippen molar-refractivity contribution < 1.29 is 9.21 Å². The molecule has 0 saturated carbocycles. The zero-order valence-corrected chi connectivity index (χ0v) is 14.4. The maximum absolute atomic E-state index is 12.1. The fraction of sp³-hybridized carbons (Fsp3) is 0.238. The van der Waals surface area contributed by atoms with Gasteiger partial charge in [0.05, 0.1) is 12.1 Å². The standard InChI is InChI=1S/C21H22N2O2/c1-16-19(23-21(25-16)18-12-6-3-7-13-18)15-20(24)22-14-8-11-17-9-4-2-5-10-17/h2-7,9-10,12-13H,8,11,14-15H2,1H3,(H,22,24). The summed E-state index contributed by atoms with van der Waals surface area (Å²) in [5.41, 5.74) is 2.90. The zero-order valence-electron chi connectivity index (χ0n) is 14.4. The molecular weight excluding hydrogens is 312 g/mol. The summed E-state index contributed by atoms with van der Waals surface area (Å²) in [5.74, 6) is 1.23. The average molecular weight is 334 g/mol. The minimum atomic E-state index is -0.0240. The second kappa shape index (κ2) is 8.29. The molecule has 0 aliphatic carbocycles. The lowest BCUT2D eigenvalue weighted by Crippen LogP contribution is -2.26. The van der Waals surface area contributed by atoms with Crippen LogP contribution in [0.25, 0.3) is 11.5 Å². The number of nitrogens with zero attached hydrogens (tertiary/aromatic N) is 1. The number of hydrogen-bond donors (Lipinski definition) is 1. The number of aryl methyl sites for hydroxylation is 2. The van der Waals surface area contributed by atoms with Gasteiger partial charge in [-0.15, -0.1) is 0 Å². The number of carbonyl (C=O) groups excluding carboxylic acids is 1. The highest BCUT2D eigenvalue weighted by atomic mass is 16.4. The van der Waals surface area contributed by atoms with Gasteiger partial charge >= 0.3 is 0 Å². The SMILES string of the molecule is Cc1oc(-c2ccccc2)nc1CC(=O)NCCCc1ccccc1. The first-order valence-electron chi connectivity index (χ1n) is 8.55. The first kappa shape index (κ1) is 17.0. The number of carbonyl (C=O) groups is 1. The molecule has 2 aromatic carbocycles. The Balaban J connectivity index is 1.49. The van der Waals surface area contributed by atoms with Gasteiger partial charge in [-0.1, -0.05) is 48.5 Å². The summed E-state index contributed by atoms with van der Waals surface area (Å²) in [7, 11) is 0. The summed E-state index contributed by atoms with van der Waals surface area (Å²) < 4.78 is 5.69. The van der Waals surface area contributed by atoms with Crippen molar-refractivity contribution >= 4 is 5.91 Å². The monoisotopic (exact) mass is 334 g/mol. The Bertz CT molecular complexity index is 810. The smallest absolute Gasteiger partial charge is 0.226 e. The summed E-state index contributed by atoms with van der Waals surface area (Å²) in [6, 6.07) is 20.0. The van der Waals surface area contributed by atoms with Crippen LogP contribution in [0.5, 0.6) is 0 Å². The second-order valence-electron chi connectivity index (χ2n) is 6.00. The van der Waals surface area contributed by atoms with Crippen LogP contribution in [0, 0.1) is 6.92 Å². The van der Waals surface area contributed by atoms with Crippen LogP contribution in [0.2, 0.25) is 0 Å². The molecule has 0 radical (unpaired) electrons. The van der Waals surface area contributed by atoms with Gasteiger partial charge in [0, 0.05) is 12.1 Å². The lowest BCUT2D eigenvalue weighted by Gasteiger charge is -2.04. The summed E-state index contributed by atoms with van der Waals surface area (Å²) >= 11 is 0. The van der Waals surface area contributed by atoms with E-state index in [1.807, 2.05) is 55.5 Å². The summed E-state index contributed by atoms with van der Waals surface area (Å²) in [6.45, 7) is 2.51. The molecule has 3 aromatic rings. The predicted octanol–water partition coefficient (Wildman–Crippen LogP) is 3.94. The Hall–Kier alpha value is -2.88. The summed E-state index contributed by atoms with van der Waals surface area (Å²) in [5, 5.41) is 2.96. The van der Waals surface area contributed by atoms with Crippen LogP contribution in [0.1, 0.15) is 23.4 Å². The van der Waals surface area contributed by atoms with Crippen molar-refractivity contribution in [3.05, 3.63) is 77.7 Å². The summed E-state index contributed by atoms with van der Waals surface area (Å²) in [4.78, 5) is 16.6. The van der Waals surface area contributed by atoms with Crippen LogP contribution in [-0.2, 0) is 17.6 Å². The number of nitrogens with one attached hydrogen (secondary N) is 1. The maximum atomic E-state index is 12.1. The molecule has 0 atom stereocenters. The first-order valence-corrected chi connectivity index (χ1v) is 8.55. The quantitative estimate of drug-likeness (QED) is 0.666. The molecule has 0 saturated heterocycles. The number of aromatic nitrogens is 1. The number of benzene rings is 2. The fourth-order valence-corrected chi connectivity index (χ4v) is 2.68. The van der Waals surface area contributed by atoms with E-state index in [9.17, 15) is 4.79 Å². The van der Waals surface area contributed by atoms with Gasteiger partial charge in [-0.25, -0.2) is 4.98 Å². The van der Waals surface area contributed by atoms with Gasteiger partial charge in [-0.05, 0) is 37.5 Å². The van der Waals surface area contributed by atoms with Crippen LogP contribution >= 0.6 is 0 Å². The maximum Gasteiger partial charge on any atom is 0.226 e. The Kier molecular flexibility index (Phi) is 5.62. The van der Waals surface area contributed by atoms with E-state index in [0.717, 1.165) is 18.4 Å². The first-order chi connectivity index (χ1) is 12.2. The van der Waals surface area contributed by atoms with Crippen molar-refractivity contribution in [3.8, 4) is 11.5 Å². The van der Waals surface area contributed by atoms with Crippen LogP contribution in [-0.4, -0.2) is 17.4 Å². The molecule has 1 N–H and O–H groups in total. The third-order valence-corrected chi connectivity index (χ3v) is 4.05. The highest BCUT2D eigenvalue weighted by molar-refractivity contribution is 5.78. The van der Waals surface area contributed by atoms with Crippen molar-refractivity contribution in [3.63, 3.8) is 0 Å². The van der Waals surface area contributed by atoms with E-state index >= 15 is 0 Å². The Morgan fingerprint density at radius 2 is 1.72 bits per heavy atom. The highest BCUT2D eigenvalue weighted by Gasteiger charge is 2.14. The highest BCUT2D eigenvalue weighted by Crippen LogP contribution is 2.21. The molecule has 1 aromatic heterocycles. The van der Waals surface area contributed by atoms with Crippen LogP contribution in [0.4, 0.5) is 0 Å². The fourth-order valence-electron chi connectivity index (χ4n) is 2.68. The topological polar surface area (TPSA) is 55.1 Å². The number of oxazole rings is 1. The van der Waals surface area contributed by atoms with Gasteiger partial charge in [0.25, 0.3) is 0 Å². The van der Waals surface area contributed by atoms with Crippen LogP contribution < -0.4 is 5.32 Å². The molecular formula is C21H22N2O2. The molecule has 0 fully saturated rings. The molecule has 25 heavy (non-hydrogen) atoms. The van der Waals surface area contributed by atoms with E-state index in [1.165, 1.54) is 5.56 Å². The minimum Gasteiger partial charge on any atom is -0.441 e. The van der Waals surface area contributed by atoms with Gasteiger partial charge in [0.2, 0.25) is 11.8 Å². The third kappa shape index (κ3) is 4.80. The van der Waals surface area contributed by atoms with Crippen molar-refractivity contribution in [1.29, 1.82) is 0 Å². The number of amides is 1. The van der Waals surface area contributed by atoms with E-state index in [0.29, 0.717) is 23.9 Å². The largest absolute Gasteiger partial charge is 0.441 e. The van der Waals surface area contributed by atoms with E-state index in [4.69, 9.17) is 4.42 Å². The predicted molar refractivity (Wildman–Crippen MR) is 98.2 cm³/mol. The Morgan fingerprint density at radius 1 is 1.04 bits per heavy atom. The van der Waals surface area contributed by atoms with E-state index in [2.05, 4.69) is 22.4 Å². The Morgan fingerprint density at radius 3 is 2.44 bits per heavy atom. The molecule has 4 nitrogen and oxygen atoms in total. The molecule has 1 heterocycles. The van der Waals surface area contributed by atoms with Crippen molar-refractivity contribution in [1.82, 2.24) is 10.3 Å². The van der Waals surface area contributed by atoms with Crippen LogP contribution in [0.3, 0.4) is 0 Å². The van der Waals surface area contributed by atoms with Gasteiger partial charge in [-0.3, -0.25) is 4.79 Å². The molecule has 0 spiro atoms. The third-order valence-electron chi connectivity index (χ3n) is 4.05. The van der Waals surface area contributed by atoms with Gasteiger partial charge in [-0.2, -0.15) is 0 Å². The van der Waals surface area contributed by atoms with Gasteiger partial charge < -0.3 is 9.73 Å². The second-order valence-corrected chi connectivity index (χ2v) is 6.00. The molecule has 4 heteroatoms. The molecule has 128 valence electrons. The Labute approximate surface area is 147 Å². The molecule has 0 bridgehead atoms. The number of rotatable bonds is 7. The normalized spacial score (nSPS) is 10.6. The minimum absolute atomic E-state index is 0.0240. The van der Waals surface area contributed by atoms with Gasteiger partial charge in [0.1, 0.15) is 5.76 Å². The lowest BCUT2D eigenvalue weighted by molar-refractivity contribution is -0.120. The molecule has 0 unspecified atom stereocenters. The summed E-state index contributed by atoms with van der Waals surface area (Å²) in [6.07, 6.45) is 2.12.